The summed E-state index contributed by atoms with van der Waals surface area (Å²) in [5, 5.41) is 5.73. The van der Waals surface area contributed by atoms with Gasteiger partial charge in [-0.3, -0.25) is 9.59 Å². The van der Waals surface area contributed by atoms with Gasteiger partial charge in [0.25, 0.3) is 0 Å². The summed E-state index contributed by atoms with van der Waals surface area (Å²) in [5.41, 5.74) is 3.03. The largest absolute Gasteiger partial charge is 0.351 e. The maximum Gasteiger partial charge on any atom is 0.233 e. The Bertz CT molecular complexity index is 768. The highest BCUT2D eigenvalue weighted by atomic mass is 32.2. The Hall–Kier alpha value is -2.27. The van der Waals surface area contributed by atoms with Crippen LogP contribution in [-0.2, 0) is 16.1 Å². The van der Waals surface area contributed by atoms with E-state index in [2.05, 4.69) is 22.8 Å². The molecule has 1 aliphatic carbocycles. The molecule has 136 valence electrons. The van der Waals surface area contributed by atoms with E-state index in [0.29, 0.717) is 6.54 Å². The number of nitrogens with one attached hydrogen (secondary N) is 2. The number of anilines is 1. The lowest BCUT2D eigenvalue weighted by Crippen LogP contribution is -2.30. The molecule has 4 nitrogen and oxygen atoms in total. The molecule has 0 heterocycles. The van der Waals surface area contributed by atoms with E-state index in [1.54, 1.807) is 11.8 Å². The molecule has 0 aromatic heterocycles. The van der Waals surface area contributed by atoms with Gasteiger partial charge in [-0.05, 0) is 56.5 Å². The first-order valence-corrected chi connectivity index (χ1v) is 9.80. The molecule has 3 rings (SSSR count). The number of carbonyl (C=O) groups is 2. The van der Waals surface area contributed by atoms with Crippen molar-refractivity contribution in [2.75, 3.05) is 5.32 Å². The van der Waals surface area contributed by atoms with E-state index in [1.165, 1.54) is 5.56 Å². The summed E-state index contributed by atoms with van der Waals surface area (Å²) in [4.78, 5) is 25.1. The van der Waals surface area contributed by atoms with Gasteiger partial charge in [-0.2, -0.15) is 0 Å². The number of hydrogen-bond acceptors (Lipinski definition) is 3. The normalized spacial score (nSPS) is 14.5. The molecule has 0 aliphatic heterocycles. The van der Waals surface area contributed by atoms with E-state index in [4.69, 9.17) is 0 Å². The van der Waals surface area contributed by atoms with Crippen LogP contribution in [0.3, 0.4) is 0 Å². The Balaban J connectivity index is 1.45. The lowest BCUT2D eigenvalue weighted by molar-refractivity contribution is -0.120. The summed E-state index contributed by atoms with van der Waals surface area (Å²) < 4.78 is 0. The van der Waals surface area contributed by atoms with Crippen LogP contribution in [0.5, 0.6) is 0 Å². The minimum Gasteiger partial charge on any atom is -0.351 e. The van der Waals surface area contributed by atoms with Crippen LogP contribution >= 0.6 is 11.8 Å². The van der Waals surface area contributed by atoms with E-state index >= 15 is 0 Å². The van der Waals surface area contributed by atoms with Gasteiger partial charge in [0.1, 0.15) is 0 Å². The van der Waals surface area contributed by atoms with Gasteiger partial charge in [0, 0.05) is 23.0 Å². The van der Waals surface area contributed by atoms with Crippen molar-refractivity contribution in [1.29, 1.82) is 0 Å². The van der Waals surface area contributed by atoms with Crippen LogP contribution in [0.4, 0.5) is 5.69 Å². The van der Waals surface area contributed by atoms with Crippen molar-refractivity contribution in [3.8, 4) is 0 Å². The van der Waals surface area contributed by atoms with Crippen molar-refractivity contribution in [2.45, 2.75) is 43.4 Å². The third-order valence-corrected chi connectivity index (χ3v) is 5.45. The Kier molecular flexibility index (Phi) is 5.99. The topological polar surface area (TPSA) is 58.2 Å². The second kappa shape index (κ2) is 8.41. The maximum atomic E-state index is 12.3. The van der Waals surface area contributed by atoms with Crippen molar-refractivity contribution in [2.24, 2.45) is 5.92 Å². The molecule has 0 radical (unpaired) electrons. The smallest absolute Gasteiger partial charge is 0.233 e. The quantitative estimate of drug-likeness (QED) is 0.722. The molecule has 2 aromatic carbocycles. The second-order valence-electron chi connectivity index (χ2n) is 6.75. The van der Waals surface area contributed by atoms with Crippen molar-refractivity contribution in [3.63, 3.8) is 0 Å². The molecule has 1 atom stereocenters. The van der Waals surface area contributed by atoms with E-state index in [9.17, 15) is 9.59 Å². The van der Waals surface area contributed by atoms with Gasteiger partial charge in [0.2, 0.25) is 11.8 Å². The van der Waals surface area contributed by atoms with E-state index in [1.807, 2.05) is 50.2 Å². The molecule has 2 N–H and O–H groups in total. The van der Waals surface area contributed by atoms with Crippen molar-refractivity contribution in [1.82, 2.24) is 5.32 Å². The summed E-state index contributed by atoms with van der Waals surface area (Å²) in [6, 6.07) is 15.8. The van der Waals surface area contributed by atoms with Gasteiger partial charge in [0.05, 0.1) is 5.25 Å². The molecule has 0 bridgehead atoms. The van der Waals surface area contributed by atoms with Gasteiger partial charge >= 0.3 is 0 Å². The summed E-state index contributed by atoms with van der Waals surface area (Å²) in [6.07, 6.45) is 1.99. The monoisotopic (exact) mass is 368 g/mol. The number of amides is 2. The molecule has 1 unspecified atom stereocenters. The standard InChI is InChI=1S/C21H24N2O2S/c1-14-3-11-19(12-4-14)26-15(2)20(24)22-13-16-5-9-18(10-6-16)23-21(25)17-7-8-17/h3-6,9-12,15,17H,7-8,13H2,1-2H3,(H,22,24)(H,23,25). The highest BCUT2D eigenvalue weighted by molar-refractivity contribution is 8.00. The minimum atomic E-state index is -0.158. The molecule has 1 saturated carbocycles. The first kappa shape index (κ1) is 18.5. The van der Waals surface area contributed by atoms with Crippen LogP contribution in [0.15, 0.2) is 53.4 Å². The zero-order valence-corrected chi connectivity index (χ0v) is 15.9. The van der Waals surface area contributed by atoms with Gasteiger partial charge in [-0.25, -0.2) is 0 Å². The number of benzene rings is 2. The Morgan fingerprint density at radius 1 is 1.08 bits per heavy atom. The Morgan fingerprint density at radius 3 is 2.35 bits per heavy atom. The van der Waals surface area contributed by atoms with Crippen LogP contribution in [0.1, 0.15) is 30.9 Å². The average molecular weight is 369 g/mol. The minimum absolute atomic E-state index is 0.0155. The van der Waals surface area contributed by atoms with Crippen LogP contribution in [-0.4, -0.2) is 17.1 Å². The van der Waals surface area contributed by atoms with Gasteiger partial charge in [-0.15, -0.1) is 11.8 Å². The summed E-state index contributed by atoms with van der Waals surface area (Å²) in [7, 11) is 0. The SMILES string of the molecule is Cc1ccc(SC(C)C(=O)NCc2ccc(NC(=O)C3CC3)cc2)cc1. The van der Waals surface area contributed by atoms with Gasteiger partial charge in [0.15, 0.2) is 0 Å². The molecule has 0 spiro atoms. The lowest BCUT2D eigenvalue weighted by atomic mass is 10.2. The molecule has 1 aliphatic rings. The zero-order valence-electron chi connectivity index (χ0n) is 15.1. The number of aryl methyl sites for hydroxylation is 1. The molecule has 0 saturated heterocycles. The number of thioether (sulfide) groups is 1. The molecule has 5 heteroatoms. The molecular formula is C21H24N2O2S. The molecular weight excluding hydrogens is 344 g/mol. The Morgan fingerprint density at radius 2 is 1.73 bits per heavy atom. The lowest BCUT2D eigenvalue weighted by Gasteiger charge is -2.12. The first-order chi connectivity index (χ1) is 12.5. The van der Waals surface area contributed by atoms with Crippen LogP contribution in [0.25, 0.3) is 0 Å². The van der Waals surface area contributed by atoms with Crippen LogP contribution < -0.4 is 10.6 Å². The van der Waals surface area contributed by atoms with E-state index < -0.39 is 0 Å². The van der Waals surface area contributed by atoms with Gasteiger partial charge in [-0.1, -0.05) is 29.8 Å². The van der Waals surface area contributed by atoms with Crippen molar-refractivity contribution >= 4 is 29.3 Å². The number of carbonyl (C=O) groups excluding carboxylic acids is 2. The predicted octanol–water partition coefficient (Wildman–Crippen LogP) is 4.14. The summed E-state index contributed by atoms with van der Waals surface area (Å²) >= 11 is 1.55. The molecule has 2 aromatic rings. The Labute approximate surface area is 158 Å². The molecule has 1 fully saturated rings. The van der Waals surface area contributed by atoms with Gasteiger partial charge < -0.3 is 10.6 Å². The predicted molar refractivity (Wildman–Crippen MR) is 106 cm³/mol. The van der Waals surface area contributed by atoms with Crippen molar-refractivity contribution in [3.05, 3.63) is 59.7 Å². The average Bonchev–Trinajstić information content (AvgIpc) is 3.48. The highest BCUT2D eigenvalue weighted by Gasteiger charge is 2.29. The third kappa shape index (κ3) is 5.36. The highest BCUT2D eigenvalue weighted by Crippen LogP contribution is 2.30. The fourth-order valence-electron chi connectivity index (χ4n) is 2.50. The van der Waals surface area contributed by atoms with Crippen LogP contribution in [0, 0.1) is 12.8 Å². The summed E-state index contributed by atoms with van der Waals surface area (Å²) in [5.74, 6) is 0.316. The maximum absolute atomic E-state index is 12.3. The zero-order chi connectivity index (χ0) is 18.5. The number of hydrogen-bond donors (Lipinski definition) is 2. The second-order valence-corrected chi connectivity index (χ2v) is 8.17. The molecule has 2 amide bonds. The van der Waals surface area contributed by atoms with Crippen molar-refractivity contribution < 1.29 is 9.59 Å². The van der Waals surface area contributed by atoms with E-state index in [-0.39, 0.29) is 23.0 Å². The van der Waals surface area contributed by atoms with Crippen LogP contribution in [0.2, 0.25) is 0 Å². The number of rotatable bonds is 7. The van der Waals surface area contributed by atoms with E-state index in [0.717, 1.165) is 29.0 Å². The molecule has 26 heavy (non-hydrogen) atoms. The fraction of sp³-hybridized carbons (Fsp3) is 0.333. The third-order valence-electron chi connectivity index (χ3n) is 4.34. The first-order valence-electron chi connectivity index (χ1n) is 8.92. The summed E-state index contributed by atoms with van der Waals surface area (Å²) in [6.45, 7) is 4.44. The fourth-order valence-corrected chi connectivity index (χ4v) is 3.39.